The molecule has 2 aliphatic rings. The minimum Gasteiger partial charge on any atom is -0.486 e. The number of fused-ring (bicyclic) bond motifs is 1. The number of nitrogens with one attached hydrogen (secondary N) is 1. The molecule has 0 radical (unpaired) electrons. The van der Waals surface area contributed by atoms with Gasteiger partial charge in [0.25, 0.3) is 5.91 Å². The molecule has 6 heteroatoms. The number of carbonyl (C=O) groups excluding carboxylic acids is 1. The van der Waals surface area contributed by atoms with Crippen molar-refractivity contribution in [2.75, 3.05) is 32.8 Å². The maximum absolute atomic E-state index is 13.6. The largest absolute Gasteiger partial charge is 0.486 e. The third-order valence-corrected chi connectivity index (χ3v) is 4.53. The van der Waals surface area contributed by atoms with Crippen molar-refractivity contribution in [3.8, 4) is 11.5 Å². The van der Waals surface area contributed by atoms with Crippen molar-refractivity contribution in [2.24, 2.45) is 0 Å². The summed E-state index contributed by atoms with van der Waals surface area (Å²) in [6.45, 7) is 2.73. The van der Waals surface area contributed by atoms with Gasteiger partial charge in [-0.25, -0.2) is 4.39 Å². The Hall–Kier alpha value is -2.60. The molecule has 5 nitrogen and oxygen atoms in total. The quantitative estimate of drug-likeness (QED) is 0.910. The molecule has 0 spiro atoms. The van der Waals surface area contributed by atoms with Gasteiger partial charge in [-0.05, 0) is 29.8 Å². The molecule has 0 aromatic heterocycles. The summed E-state index contributed by atoms with van der Waals surface area (Å²) in [5, 5.41) is 3.28. The molecule has 0 saturated carbocycles. The van der Waals surface area contributed by atoms with E-state index in [1.807, 2.05) is 6.07 Å². The average molecular weight is 342 g/mol. The van der Waals surface area contributed by atoms with Crippen LogP contribution in [0.4, 0.5) is 4.39 Å². The molecule has 1 atom stereocenters. The van der Waals surface area contributed by atoms with Crippen molar-refractivity contribution in [3.63, 3.8) is 0 Å². The second kappa shape index (κ2) is 6.72. The number of amides is 1. The average Bonchev–Trinajstić information content (AvgIpc) is 2.67. The summed E-state index contributed by atoms with van der Waals surface area (Å²) < 4.78 is 24.9. The number of carbonyl (C=O) groups is 1. The smallest absolute Gasteiger partial charge is 0.258 e. The Morgan fingerprint density at radius 2 is 2.00 bits per heavy atom. The third kappa shape index (κ3) is 3.05. The molecule has 0 aliphatic carbocycles. The first kappa shape index (κ1) is 15.9. The van der Waals surface area contributed by atoms with Gasteiger partial charge < -0.3 is 19.7 Å². The van der Waals surface area contributed by atoms with Gasteiger partial charge in [-0.2, -0.15) is 0 Å². The normalized spacial score (nSPS) is 19.6. The topological polar surface area (TPSA) is 50.8 Å². The van der Waals surface area contributed by atoms with E-state index < -0.39 is 0 Å². The predicted octanol–water partition coefficient (Wildman–Crippen LogP) is 2.38. The van der Waals surface area contributed by atoms with E-state index >= 15 is 0 Å². The molecule has 1 amide bonds. The van der Waals surface area contributed by atoms with Crippen LogP contribution in [0.1, 0.15) is 22.0 Å². The molecule has 4 rings (SSSR count). The lowest BCUT2D eigenvalue weighted by Gasteiger charge is -2.37. The van der Waals surface area contributed by atoms with E-state index in [1.165, 1.54) is 12.1 Å². The third-order valence-electron chi connectivity index (χ3n) is 4.53. The van der Waals surface area contributed by atoms with Gasteiger partial charge in [0.15, 0.2) is 11.5 Å². The molecule has 0 bridgehead atoms. The number of hydrogen-bond donors (Lipinski definition) is 1. The maximum Gasteiger partial charge on any atom is 0.258 e. The highest BCUT2D eigenvalue weighted by Crippen LogP contribution is 2.35. The zero-order chi connectivity index (χ0) is 17.2. The highest BCUT2D eigenvalue weighted by molar-refractivity contribution is 5.98. The van der Waals surface area contributed by atoms with Crippen LogP contribution in [0, 0.1) is 5.82 Å². The number of halogens is 1. The van der Waals surface area contributed by atoms with Crippen molar-refractivity contribution < 1.29 is 18.7 Å². The fourth-order valence-electron chi connectivity index (χ4n) is 3.36. The Bertz CT molecular complexity index is 796. The summed E-state index contributed by atoms with van der Waals surface area (Å²) >= 11 is 0. The van der Waals surface area contributed by atoms with Gasteiger partial charge >= 0.3 is 0 Å². The summed E-state index contributed by atoms with van der Waals surface area (Å²) in [7, 11) is 0. The van der Waals surface area contributed by atoms with E-state index in [0.29, 0.717) is 49.9 Å². The molecule has 2 heterocycles. The van der Waals surface area contributed by atoms with Crippen LogP contribution in [-0.2, 0) is 0 Å². The molecule has 130 valence electrons. The summed E-state index contributed by atoms with van der Waals surface area (Å²) in [6.07, 6.45) is 0. The SMILES string of the molecule is O=C(c1cccc2c1OCCO2)N1CCNC[C@@H]1c1cccc(F)c1. The van der Waals surface area contributed by atoms with E-state index in [1.54, 1.807) is 29.2 Å². The van der Waals surface area contributed by atoms with Crippen LogP contribution >= 0.6 is 0 Å². The lowest BCUT2D eigenvalue weighted by atomic mass is 10.0. The van der Waals surface area contributed by atoms with Gasteiger partial charge in [0, 0.05) is 19.6 Å². The Morgan fingerprint density at radius 3 is 2.88 bits per heavy atom. The Labute approximate surface area is 145 Å². The van der Waals surface area contributed by atoms with Crippen LogP contribution in [0.15, 0.2) is 42.5 Å². The summed E-state index contributed by atoms with van der Waals surface area (Å²) in [5.74, 6) is 0.659. The molecule has 1 fully saturated rings. The van der Waals surface area contributed by atoms with E-state index in [9.17, 15) is 9.18 Å². The van der Waals surface area contributed by atoms with Crippen molar-refractivity contribution >= 4 is 5.91 Å². The Kier molecular flexibility index (Phi) is 4.28. The first-order valence-corrected chi connectivity index (χ1v) is 8.40. The van der Waals surface area contributed by atoms with Crippen LogP contribution in [0.3, 0.4) is 0 Å². The van der Waals surface area contributed by atoms with Gasteiger partial charge in [-0.15, -0.1) is 0 Å². The fourth-order valence-corrected chi connectivity index (χ4v) is 3.36. The van der Waals surface area contributed by atoms with Crippen molar-refractivity contribution in [1.29, 1.82) is 0 Å². The maximum atomic E-state index is 13.6. The Balaban J connectivity index is 1.68. The molecule has 2 aromatic carbocycles. The zero-order valence-corrected chi connectivity index (χ0v) is 13.7. The van der Waals surface area contributed by atoms with E-state index in [4.69, 9.17) is 9.47 Å². The number of rotatable bonds is 2. The molecule has 25 heavy (non-hydrogen) atoms. The van der Waals surface area contributed by atoms with Crippen molar-refractivity contribution in [2.45, 2.75) is 6.04 Å². The highest BCUT2D eigenvalue weighted by Gasteiger charge is 2.31. The highest BCUT2D eigenvalue weighted by atomic mass is 19.1. The second-order valence-electron chi connectivity index (χ2n) is 6.10. The molecule has 1 saturated heterocycles. The van der Waals surface area contributed by atoms with Crippen LogP contribution in [0.2, 0.25) is 0 Å². The van der Waals surface area contributed by atoms with Gasteiger partial charge in [0.2, 0.25) is 0 Å². The first-order valence-electron chi connectivity index (χ1n) is 8.40. The number of hydrogen-bond acceptors (Lipinski definition) is 4. The first-order chi connectivity index (χ1) is 12.2. The van der Waals surface area contributed by atoms with Gasteiger partial charge in [0.1, 0.15) is 19.0 Å². The van der Waals surface area contributed by atoms with Crippen molar-refractivity contribution in [3.05, 3.63) is 59.4 Å². The molecule has 0 unspecified atom stereocenters. The number of ether oxygens (including phenoxy) is 2. The van der Waals surface area contributed by atoms with Gasteiger partial charge in [-0.3, -0.25) is 4.79 Å². The minimum absolute atomic E-state index is 0.127. The van der Waals surface area contributed by atoms with E-state index in [2.05, 4.69) is 5.32 Å². The van der Waals surface area contributed by atoms with Gasteiger partial charge in [0.05, 0.1) is 11.6 Å². The summed E-state index contributed by atoms with van der Waals surface area (Å²) in [4.78, 5) is 15.0. The second-order valence-corrected chi connectivity index (χ2v) is 6.10. The van der Waals surface area contributed by atoms with Crippen LogP contribution < -0.4 is 14.8 Å². The lowest BCUT2D eigenvalue weighted by Crippen LogP contribution is -2.48. The van der Waals surface area contributed by atoms with E-state index in [0.717, 1.165) is 5.56 Å². The monoisotopic (exact) mass is 342 g/mol. The number of para-hydroxylation sites is 1. The standard InChI is InChI=1S/C19H19FN2O3/c20-14-4-1-3-13(11-14)16-12-21-7-8-22(16)19(23)15-5-2-6-17-18(15)25-10-9-24-17/h1-6,11,16,21H,7-10,12H2/t16-/m1/s1. The van der Waals surface area contributed by atoms with Crippen LogP contribution in [0.25, 0.3) is 0 Å². The van der Waals surface area contributed by atoms with Crippen LogP contribution in [0.5, 0.6) is 11.5 Å². The Morgan fingerprint density at radius 1 is 1.16 bits per heavy atom. The fraction of sp³-hybridized carbons (Fsp3) is 0.316. The summed E-state index contributed by atoms with van der Waals surface area (Å²) in [6, 6.07) is 11.5. The van der Waals surface area contributed by atoms with Crippen LogP contribution in [-0.4, -0.2) is 43.7 Å². The molecule has 2 aromatic rings. The lowest BCUT2D eigenvalue weighted by molar-refractivity contribution is 0.0624. The minimum atomic E-state index is -0.302. The number of nitrogens with zero attached hydrogens (tertiary/aromatic N) is 1. The predicted molar refractivity (Wildman–Crippen MR) is 90.5 cm³/mol. The molecule has 2 aliphatic heterocycles. The molecular weight excluding hydrogens is 323 g/mol. The summed E-state index contributed by atoms with van der Waals surface area (Å²) in [5.41, 5.74) is 1.27. The van der Waals surface area contributed by atoms with E-state index in [-0.39, 0.29) is 17.8 Å². The molecule has 1 N–H and O–H groups in total. The number of benzene rings is 2. The molecular formula is C19H19FN2O3. The number of piperazine rings is 1. The van der Waals surface area contributed by atoms with Gasteiger partial charge in [-0.1, -0.05) is 18.2 Å². The van der Waals surface area contributed by atoms with Crippen molar-refractivity contribution in [1.82, 2.24) is 10.2 Å². The zero-order valence-electron chi connectivity index (χ0n) is 13.7.